The second-order valence-corrected chi connectivity index (χ2v) is 19.7. The van der Waals surface area contributed by atoms with Crippen molar-refractivity contribution in [2.75, 3.05) is 99.8 Å². The van der Waals surface area contributed by atoms with E-state index in [1.807, 2.05) is 18.2 Å². The highest BCUT2D eigenvalue weighted by Gasteiger charge is 2.37. The minimum atomic E-state index is -0.636. The Morgan fingerprint density at radius 3 is 1.66 bits per heavy atom. The minimum Gasteiger partial charge on any atom is -0.493 e. The van der Waals surface area contributed by atoms with Crippen LogP contribution in [0.2, 0.25) is 0 Å². The van der Waals surface area contributed by atoms with Crippen molar-refractivity contribution in [2.24, 2.45) is 9.98 Å². The van der Waals surface area contributed by atoms with Crippen molar-refractivity contribution in [1.82, 2.24) is 25.3 Å². The molecule has 5 heterocycles. The highest BCUT2D eigenvalue weighted by atomic mass is 32.1. The number of rotatable bonds is 27. The summed E-state index contributed by atoms with van der Waals surface area (Å²) in [7, 11) is 3.03. The monoisotopic (exact) mass is 1100 g/mol. The van der Waals surface area contributed by atoms with Crippen molar-refractivity contribution in [3.63, 3.8) is 0 Å². The van der Waals surface area contributed by atoms with Gasteiger partial charge in [0.15, 0.2) is 23.0 Å². The van der Waals surface area contributed by atoms with E-state index in [9.17, 15) is 28.8 Å². The summed E-state index contributed by atoms with van der Waals surface area (Å²) >= 11 is 4.07. The number of imide groups is 1. The van der Waals surface area contributed by atoms with E-state index in [4.69, 9.17) is 37.9 Å². The first-order chi connectivity index (χ1) is 38.3. The molecular weight excluding hydrogens is 1040 g/mol. The van der Waals surface area contributed by atoms with Gasteiger partial charge in [0.25, 0.3) is 11.8 Å². The van der Waals surface area contributed by atoms with Gasteiger partial charge < -0.3 is 58.3 Å². The lowest BCUT2D eigenvalue weighted by Gasteiger charge is -2.20. The van der Waals surface area contributed by atoms with Crippen LogP contribution in [0, 0.1) is 11.8 Å². The Morgan fingerprint density at radius 1 is 0.646 bits per heavy atom. The highest BCUT2D eigenvalue weighted by molar-refractivity contribution is 7.81. The Labute approximate surface area is 464 Å². The molecule has 3 aromatic rings. The molecule has 6 amide bonds. The first kappa shape index (κ1) is 57.6. The Balaban J connectivity index is 0.782. The molecule has 79 heavy (non-hydrogen) atoms. The van der Waals surface area contributed by atoms with Gasteiger partial charge in [0.2, 0.25) is 23.6 Å². The van der Waals surface area contributed by atoms with Crippen LogP contribution in [-0.4, -0.2) is 180 Å². The van der Waals surface area contributed by atoms with Crippen LogP contribution in [0.3, 0.4) is 0 Å². The van der Waals surface area contributed by atoms with E-state index in [0.717, 1.165) is 27.2 Å². The first-order valence-corrected chi connectivity index (χ1v) is 26.5. The Morgan fingerprint density at radius 2 is 1.15 bits per heavy atom. The molecule has 0 radical (unpaired) electrons. The van der Waals surface area contributed by atoms with Crippen LogP contribution < -0.4 is 29.6 Å². The maximum absolute atomic E-state index is 13.6. The van der Waals surface area contributed by atoms with Gasteiger partial charge in [-0.3, -0.25) is 43.7 Å². The molecule has 3 atom stereocenters. The summed E-state index contributed by atoms with van der Waals surface area (Å²) in [5.41, 5.74) is 5.83. The number of aliphatic imine (C=N–C) groups is 2. The summed E-state index contributed by atoms with van der Waals surface area (Å²) in [6, 6.07) is 12.1. The van der Waals surface area contributed by atoms with E-state index in [1.54, 1.807) is 46.5 Å². The van der Waals surface area contributed by atoms with E-state index < -0.39 is 5.25 Å². The fraction of sp³-hybridized carbons (Fsp3) is 0.439. The predicted octanol–water partition coefficient (Wildman–Crippen LogP) is 4.32. The zero-order chi connectivity index (χ0) is 55.8. The van der Waals surface area contributed by atoms with Gasteiger partial charge in [-0.15, -0.1) is 0 Å². The molecule has 0 aliphatic carbocycles. The van der Waals surface area contributed by atoms with Crippen LogP contribution >= 0.6 is 12.6 Å². The SMILES string of the molecule is C=C1C[C@H]2C=Nc3cc(OCc4cc(C#CCNC(=O)CCOCCOCCOCCOCCNC(=O)CCN5C(=O)CC(S)C5=O)cc(COc5cc6c(cc5OC)C(=O)N5CC(=C)C[C@H]5C=N6)c4)c(OC)cc3C(=O)N2C1. The standard InChI is InChI=1S/C57H65N7O14S/c1-36-20-41-30-60-45-27-49(47(71-3)25-43(45)55(68)63(41)32-36)77-34-39-22-38(23-40(24-39)35-78-50-28-46-44(26-48(50)72-4)56(69)64-33-37(2)21-42(64)31-61-46)6-5-9-58-53(66)8-12-73-14-16-75-18-19-76-17-15-74-13-10-59-52(65)7-11-62-54(67)29-51(79)57(62)70/h22-28,30-31,41-42,51,79H,1-2,7-21,29,32-35H2,3-4H3,(H,58,66)(H,59,65)/t41-,42-,51?/m0/s1. The molecule has 8 rings (SSSR count). The second-order valence-electron chi connectivity index (χ2n) is 19.1. The van der Waals surface area contributed by atoms with E-state index in [0.29, 0.717) is 117 Å². The molecule has 2 N–H and O–H groups in total. The van der Waals surface area contributed by atoms with Crippen molar-refractivity contribution in [1.29, 1.82) is 0 Å². The molecule has 3 saturated heterocycles. The number of hydrogen-bond acceptors (Lipinski definition) is 17. The van der Waals surface area contributed by atoms with Crippen LogP contribution in [0.1, 0.15) is 69.5 Å². The molecule has 3 aromatic carbocycles. The summed E-state index contributed by atoms with van der Waals surface area (Å²) < 4.78 is 46.2. The molecule has 0 spiro atoms. The average Bonchev–Trinajstić information content (AvgIpc) is 4.18. The first-order valence-electron chi connectivity index (χ1n) is 26.0. The smallest absolute Gasteiger partial charge is 0.257 e. The summed E-state index contributed by atoms with van der Waals surface area (Å²) in [6.45, 7) is 12.1. The number of carbonyl (C=O) groups excluding carboxylic acids is 6. The summed E-state index contributed by atoms with van der Waals surface area (Å²) in [5.74, 6) is 6.20. The zero-order valence-electron chi connectivity index (χ0n) is 44.4. The van der Waals surface area contributed by atoms with Crippen LogP contribution in [0.4, 0.5) is 11.4 Å². The van der Waals surface area contributed by atoms with Crippen molar-refractivity contribution in [2.45, 2.75) is 62.7 Å². The number of fused-ring (bicyclic) bond motifs is 4. The topological polar surface area (TPSA) is 235 Å². The predicted molar refractivity (Wildman–Crippen MR) is 294 cm³/mol. The van der Waals surface area contributed by atoms with Gasteiger partial charge in [0, 0.05) is 75.6 Å². The lowest BCUT2D eigenvalue weighted by molar-refractivity contribution is -0.138. The van der Waals surface area contributed by atoms with Crippen LogP contribution in [0.15, 0.2) is 76.8 Å². The Kier molecular flexibility index (Phi) is 20.3. The van der Waals surface area contributed by atoms with Crippen molar-refractivity contribution >= 4 is 71.9 Å². The van der Waals surface area contributed by atoms with Crippen molar-refractivity contribution < 1.29 is 66.7 Å². The van der Waals surface area contributed by atoms with Gasteiger partial charge in [0.1, 0.15) is 13.2 Å². The molecule has 22 heteroatoms. The molecule has 418 valence electrons. The highest BCUT2D eigenvalue weighted by Crippen LogP contribution is 2.41. The number of nitrogens with one attached hydrogen (secondary N) is 2. The maximum atomic E-state index is 13.6. The number of hydrogen-bond donors (Lipinski definition) is 3. The molecule has 0 aromatic heterocycles. The van der Waals surface area contributed by atoms with Crippen LogP contribution in [0.5, 0.6) is 23.0 Å². The third-order valence-corrected chi connectivity index (χ3v) is 13.7. The lowest BCUT2D eigenvalue weighted by atomic mass is 10.1. The molecule has 1 unspecified atom stereocenters. The number of benzene rings is 3. The Hall–Kier alpha value is -7.55. The largest absolute Gasteiger partial charge is 0.493 e. The normalized spacial score (nSPS) is 18.1. The van der Waals surface area contributed by atoms with Gasteiger partial charge in [-0.2, -0.15) is 12.6 Å². The summed E-state index contributed by atoms with van der Waals surface area (Å²) in [4.78, 5) is 89.5. The van der Waals surface area contributed by atoms with Crippen LogP contribution in [-0.2, 0) is 51.3 Å². The molecule has 5 aliphatic rings. The third-order valence-electron chi connectivity index (χ3n) is 13.3. The molecule has 0 saturated carbocycles. The quantitative estimate of drug-likeness (QED) is 0.0317. The Bertz CT molecular complexity index is 2820. The fourth-order valence-corrected chi connectivity index (χ4v) is 9.60. The minimum absolute atomic E-state index is 0.0168. The van der Waals surface area contributed by atoms with Gasteiger partial charge in [-0.1, -0.05) is 36.1 Å². The fourth-order valence-electron chi connectivity index (χ4n) is 9.30. The van der Waals surface area contributed by atoms with Gasteiger partial charge in [0.05, 0.1) is 113 Å². The van der Waals surface area contributed by atoms with Gasteiger partial charge in [-0.25, -0.2) is 0 Å². The number of nitrogens with zero attached hydrogens (tertiary/aromatic N) is 5. The number of thiol groups is 1. The summed E-state index contributed by atoms with van der Waals surface area (Å²) in [6.07, 6.45) is 5.06. The number of carbonyl (C=O) groups is 6. The van der Waals surface area contributed by atoms with E-state index in [-0.39, 0.29) is 113 Å². The number of amides is 6. The number of methoxy groups -OCH3 is 2. The molecule has 5 aliphatic heterocycles. The van der Waals surface area contributed by atoms with E-state index in [1.165, 1.54) is 14.2 Å². The third kappa shape index (κ3) is 15.4. The summed E-state index contributed by atoms with van der Waals surface area (Å²) in [5, 5.41) is 4.86. The number of ether oxygens (including phenoxy) is 8. The van der Waals surface area contributed by atoms with Gasteiger partial charge in [-0.05, 0) is 54.3 Å². The molecule has 0 bridgehead atoms. The molecular formula is C57H65N7O14S. The molecule has 3 fully saturated rings. The van der Waals surface area contributed by atoms with Crippen molar-refractivity contribution in [3.05, 3.63) is 94.6 Å². The van der Waals surface area contributed by atoms with Gasteiger partial charge >= 0.3 is 0 Å². The second kappa shape index (κ2) is 27.9. The molecule has 21 nitrogen and oxygen atoms in total. The zero-order valence-corrected chi connectivity index (χ0v) is 45.3. The number of likely N-dealkylation sites (tertiary alicyclic amines) is 1. The van der Waals surface area contributed by atoms with E-state index in [2.05, 4.69) is 58.2 Å². The lowest BCUT2D eigenvalue weighted by Crippen LogP contribution is -2.36. The van der Waals surface area contributed by atoms with E-state index >= 15 is 0 Å². The van der Waals surface area contributed by atoms with Crippen LogP contribution in [0.25, 0.3) is 0 Å². The average molecular weight is 1100 g/mol. The maximum Gasteiger partial charge on any atom is 0.257 e. The van der Waals surface area contributed by atoms with Crippen molar-refractivity contribution in [3.8, 4) is 34.8 Å².